The van der Waals surface area contributed by atoms with Gasteiger partial charge in [-0.2, -0.15) is 0 Å². The maximum atomic E-state index is 6.64. The molecule has 23 heavy (non-hydrogen) atoms. The van der Waals surface area contributed by atoms with E-state index in [-0.39, 0.29) is 0 Å². The molecule has 0 aliphatic heterocycles. The van der Waals surface area contributed by atoms with E-state index in [1.165, 1.54) is 39.0 Å². The predicted molar refractivity (Wildman–Crippen MR) is 99.1 cm³/mol. The van der Waals surface area contributed by atoms with Crippen molar-refractivity contribution in [3.05, 3.63) is 69.2 Å². The molecule has 2 heteroatoms. The SMILES string of the molecule is Cc1ccc(Cl)c2c1C1Cc3ccccc3C1=C2CCN(C)C. The summed E-state index contributed by atoms with van der Waals surface area (Å²) in [6.07, 6.45) is 2.18. The van der Waals surface area contributed by atoms with E-state index in [4.69, 9.17) is 11.6 Å². The fourth-order valence-corrected chi connectivity index (χ4v) is 4.55. The molecule has 1 nitrogen and oxygen atoms in total. The second-order valence-electron chi connectivity index (χ2n) is 7.01. The van der Waals surface area contributed by atoms with E-state index in [2.05, 4.69) is 62.3 Å². The number of allylic oxidation sites excluding steroid dienone is 1. The van der Waals surface area contributed by atoms with Gasteiger partial charge in [-0.15, -0.1) is 0 Å². The molecule has 1 unspecified atom stereocenters. The van der Waals surface area contributed by atoms with Crippen molar-refractivity contribution in [1.29, 1.82) is 0 Å². The molecule has 0 saturated carbocycles. The molecule has 0 N–H and O–H groups in total. The van der Waals surface area contributed by atoms with Crippen LogP contribution in [0.15, 0.2) is 36.4 Å². The molecule has 0 aromatic heterocycles. The van der Waals surface area contributed by atoms with Crippen LogP contribution < -0.4 is 0 Å². The molecule has 118 valence electrons. The molecular weight excluding hydrogens is 302 g/mol. The lowest BCUT2D eigenvalue weighted by Gasteiger charge is -2.15. The van der Waals surface area contributed by atoms with E-state index < -0.39 is 0 Å². The third-order valence-corrected chi connectivity index (χ3v) is 5.59. The second kappa shape index (κ2) is 5.51. The summed E-state index contributed by atoms with van der Waals surface area (Å²) in [5.74, 6) is 0.498. The Kier molecular flexibility index (Phi) is 3.59. The molecule has 0 bridgehead atoms. The minimum absolute atomic E-state index is 0.498. The number of aryl methyl sites for hydroxylation is 1. The zero-order valence-electron chi connectivity index (χ0n) is 14.0. The van der Waals surface area contributed by atoms with Crippen LogP contribution in [0.4, 0.5) is 0 Å². The first-order valence-electron chi connectivity index (χ1n) is 8.33. The number of rotatable bonds is 3. The molecule has 4 rings (SSSR count). The van der Waals surface area contributed by atoms with Crippen molar-refractivity contribution in [3.8, 4) is 0 Å². The van der Waals surface area contributed by atoms with Gasteiger partial charge in [0, 0.05) is 23.0 Å². The summed E-state index contributed by atoms with van der Waals surface area (Å²) in [6.45, 7) is 3.28. The molecule has 2 aliphatic carbocycles. The Morgan fingerprint density at radius 2 is 1.91 bits per heavy atom. The number of hydrogen-bond donors (Lipinski definition) is 0. The van der Waals surface area contributed by atoms with Crippen LogP contribution in [0.1, 0.15) is 40.2 Å². The van der Waals surface area contributed by atoms with Gasteiger partial charge in [-0.1, -0.05) is 41.9 Å². The molecule has 2 aliphatic rings. The van der Waals surface area contributed by atoms with Crippen LogP contribution in [-0.2, 0) is 6.42 Å². The van der Waals surface area contributed by atoms with E-state index in [1.807, 2.05) is 0 Å². The number of fused-ring (bicyclic) bond motifs is 5. The van der Waals surface area contributed by atoms with Crippen LogP contribution in [0.2, 0.25) is 5.02 Å². The molecule has 0 saturated heterocycles. The maximum Gasteiger partial charge on any atom is 0.0484 e. The van der Waals surface area contributed by atoms with Gasteiger partial charge in [0.2, 0.25) is 0 Å². The Balaban J connectivity index is 1.94. The van der Waals surface area contributed by atoms with Gasteiger partial charge in [0.05, 0.1) is 0 Å². The average Bonchev–Trinajstić information content (AvgIpc) is 3.04. The average molecular weight is 324 g/mol. The highest BCUT2D eigenvalue weighted by Gasteiger charge is 2.39. The third-order valence-electron chi connectivity index (χ3n) is 5.28. The summed E-state index contributed by atoms with van der Waals surface area (Å²) in [6, 6.07) is 13.1. The molecule has 2 aromatic carbocycles. The molecule has 0 radical (unpaired) electrons. The van der Waals surface area contributed by atoms with Crippen molar-refractivity contribution >= 4 is 22.7 Å². The lowest BCUT2D eigenvalue weighted by Crippen LogP contribution is -2.13. The van der Waals surface area contributed by atoms with E-state index in [0.29, 0.717) is 5.92 Å². The Morgan fingerprint density at radius 3 is 2.70 bits per heavy atom. The normalized spacial score (nSPS) is 18.4. The number of halogens is 1. The maximum absolute atomic E-state index is 6.64. The van der Waals surface area contributed by atoms with Crippen LogP contribution >= 0.6 is 11.6 Å². The smallest absolute Gasteiger partial charge is 0.0484 e. The molecule has 0 fully saturated rings. The standard InChI is InChI=1S/C21H22ClN/c1-13-8-9-18(22)21-16(10-11-23(2)3)20-15-7-5-4-6-14(15)12-17(20)19(13)21/h4-9,17H,10-12H2,1-3H3. The van der Waals surface area contributed by atoms with E-state index in [0.717, 1.165) is 24.4 Å². The highest BCUT2D eigenvalue weighted by Crippen LogP contribution is 2.56. The summed E-state index contributed by atoms with van der Waals surface area (Å²) in [4.78, 5) is 2.26. The van der Waals surface area contributed by atoms with Crippen LogP contribution in [0.25, 0.3) is 11.1 Å². The van der Waals surface area contributed by atoms with Crippen molar-refractivity contribution in [1.82, 2.24) is 4.90 Å². The fraction of sp³-hybridized carbons (Fsp3) is 0.333. The molecule has 0 spiro atoms. The Labute approximate surface area is 143 Å². The topological polar surface area (TPSA) is 3.24 Å². The van der Waals surface area contributed by atoms with Gasteiger partial charge in [0.15, 0.2) is 0 Å². The van der Waals surface area contributed by atoms with E-state index in [9.17, 15) is 0 Å². The monoisotopic (exact) mass is 323 g/mol. The highest BCUT2D eigenvalue weighted by molar-refractivity contribution is 6.33. The first-order valence-corrected chi connectivity index (χ1v) is 8.71. The fourth-order valence-electron chi connectivity index (χ4n) is 4.27. The van der Waals surface area contributed by atoms with Gasteiger partial charge >= 0.3 is 0 Å². The number of nitrogens with zero attached hydrogens (tertiary/aromatic N) is 1. The summed E-state index contributed by atoms with van der Waals surface area (Å²) in [5.41, 5.74) is 10.1. The van der Waals surface area contributed by atoms with Gasteiger partial charge in [-0.3, -0.25) is 0 Å². The van der Waals surface area contributed by atoms with Gasteiger partial charge in [0.1, 0.15) is 0 Å². The summed E-state index contributed by atoms with van der Waals surface area (Å²) in [5, 5.41) is 0.915. The molecular formula is C21H22ClN. The highest BCUT2D eigenvalue weighted by atomic mass is 35.5. The van der Waals surface area contributed by atoms with Crippen LogP contribution in [-0.4, -0.2) is 25.5 Å². The van der Waals surface area contributed by atoms with Crippen molar-refractivity contribution in [2.75, 3.05) is 20.6 Å². The third kappa shape index (κ3) is 2.26. The summed E-state index contributed by atoms with van der Waals surface area (Å²) < 4.78 is 0. The lowest BCUT2D eigenvalue weighted by molar-refractivity contribution is 0.420. The summed E-state index contributed by atoms with van der Waals surface area (Å²) >= 11 is 6.64. The van der Waals surface area contributed by atoms with Gasteiger partial charge in [-0.05, 0) is 73.3 Å². The second-order valence-corrected chi connectivity index (χ2v) is 7.42. The zero-order valence-corrected chi connectivity index (χ0v) is 14.7. The number of benzene rings is 2. The van der Waals surface area contributed by atoms with Crippen molar-refractivity contribution in [3.63, 3.8) is 0 Å². The lowest BCUT2D eigenvalue weighted by atomic mass is 9.92. The predicted octanol–water partition coefficient (Wildman–Crippen LogP) is 5.16. The molecule has 1 atom stereocenters. The first kappa shape index (κ1) is 15.0. The van der Waals surface area contributed by atoms with E-state index in [1.54, 1.807) is 0 Å². The zero-order chi connectivity index (χ0) is 16.1. The molecule has 2 aromatic rings. The number of hydrogen-bond acceptors (Lipinski definition) is 1. The molecule has 0 amide bonds. The van der Waals surface area contributed by atoms with Gasteiger partial charge < -0.3 is 4.90 Å². The first-order chi connectivity index (χ1) is 11.1. The summed E-state index contributed by atoms with van der Waals surface area (Å²) in [7, 11) is 4.28. The quantitative estimate of drug-likeness (QED) is 0.753. The Bertz CT molecular complexity index is 817. The van der Waals surface area contributed by atoms with E-state index >= 15 is 0 Å². The molecule has 0 heterocycles. The Hall–Kier alpha value is -1.57. The van der Waals surface area contributed by atoms with Crippen LogP contribution in [0.5, 0.6) is 0 Å². The van der Waals surface area contributed by atoms with Crippen molar-refractivity contribution < 1.29 is 0 Å². The van der Waals surface area contributed by atoms with Crippen LogP contribution in [0, 0.1) is 6.92 Å². The largest absolute Gasteiger partial charge is 0.309 e. The van der Waals surface area contributed by atoms with Crippen molar-refractivity contribution in [2.45, 2.75) is 25.7 Å². The minimum atomic E-state index is 0.498. The van der Waals surface area contributed by atoms with Crippen molar-refractivity contribution in [2.24, 2.45) is 0 Å². The van der Waals surface area contributed by atoms with Crippen LogP contribution in [0.3, 0.4) is 0 Å². The van der Waals surface area contributed by atoms with Gasteiger partial charge in [-0.25, -0.2) is 0 Å². The Morgan fingerprint density at radius 1 is 1.13 bits per heavy atom. The minimum Gasteiger partial charge on any atom is -0.309 e. The van der Waals surface area contributed by atoms with Gasteiger partial charge in [0.25, 0.3) is 0 Å².